The van der Waals surface area contributed by atoms with Crippen LogP contribution in [0.25, 0.3) is 10.8 Å². The second-order valence-electron chi connectivity index (χ2n) is 12.2. The summed E-state index contributed by atoms with van der Waals surface area (Å²) < 4.78 is 82.1. The van der Waals surface area contributed by atoms with Gasteiger partial charge in [0.05, 0.1) is 28.7 Å². The van der Waals surface area contributed by atoms with Crippen LogP contribution in [-0.4, -0.2) is 28.5 Å². The number of Topliss-reactive ketones (excluding diaryl/α,β-unsaturated/α-hetero) is 1. The molecule has 12 heteroatoms. The number of hydrogen-bond acceptors (Lipinski definition) is 5. The highest BCUT2D eigenvalue weighted by atomic mass is 19.4. The fraction of sp³-hybridized carbons (Fsp3) is 0.257. The molecule has 1 heterocycles. The van der Waals surface area contributed by atoms with Gasteiger partial charge in [0, 0.05) is 28.0 Å². The van der Waals surface area contributed by atoms with E-state index >= 15 is 0 Å². The van der Waals surface area contributed by atoms with Crippen molar-refractivity contribution in [2.45, 2.75) is 38.0 Å². The van der Waals surface area contributed by atoms with Gasteiger partial charge in [-0.25, -0.2) is 4.90 Å². The van der Waals surface area contributed by atoms with E-state index in [4.69, 9.17) is 0 Å². The third kappa shape index (κ3) is 4.63. The molecule has 0 aromatic heterocycles. The molecule has 4 atom stereocenters. The van der Waals surface area contributed by atoms with Crippen molar-refractivity contribution in [1.82, 2.24) is 0 Å². The van der Waals surface area contributed by atoms with Crippen molar-refractivity contribution >= 4 is 39.8 Å². The molecule has 0 unspecified atom stereocenters. The standard InChI is InChI=1S/C35H23F6NO5/c1-15-10-27(44)30-25(31(15)45)14-24-22(28(30)21-8-9-26(43)20-5-3-2-4-19(20)21)6-7-23-29(24)33(47)42(32(23)46)18-12-16(34(36,37)38)11-17(13-18)35(39,40)41/h2-6,8-13,23-24,28-29,43H,7,14H2,1H3/t23-,24+,28-,29-/m0/s1. The predicted molar refractivity (Wildman–Crippen MR) is 156 cm³/mol. The third-order valence-electron chi connectivity index (χ3n) is 9.64. The number of carbonyl (C=O) groups is 4. The molecule has 3 aromatic rings. The number of phenols is 1. The van der Waals surface area contributed by atoms with E-state index in [-0.39, 0.29) is 41.4 Å². The minimum atomic E-state index is -5.20. The molecule has 0 spiro atoms. The molecule has 0 saturated carbocycles. The zero-order valence-corrected chi connectivity index (χ0v) is 24.4. The number of halogens is 6. The molecule has 6 nitrogen and oxygen atoms in total. The van der Waals surface area contributed by atoms with Gasteiger partial charge in [-0.1, -0.05) is 42.0 Å². The molecule has 4 aliphatic rings. The number of carbonyl (C=O) groups excluding carboxylic acids is 4. The maximum Gasteiger partial charge on any atom is 0.416 e. The van der Waals surface area contributed by atoms with Gasteiger partial charge in [-0.3, -0.25) is 19.2 Å². The Hall–Kier alpha value is -5.00. The molecule has 2 amide bonds. The first-order valence-corrected chi connectivity index (χ1v) is 14.7. The van der Waals surface area contributed by atoms with E-state index in [2.05, 4.69) is 0 Å². The summed E-state index contributed by atoms with van der Waals surface area (Å²) in [6, 6.07) is 10.5. The van der Waals surface area contributed by atoms with E-state index in [1.807, 2.05) is 0 Å². The van der Waals surface area contributed by atoms with Crippen LogP contribution >= 0.6 is 0 Å². The second-order valence-corrected chi connectivity index (χ2v) is 12.2. The van der Waals surface area contributed by atoms with Gasteiger partial charge in [-0.05, 0) is 67.0 Å². The van der Waals surface area contributed by atoms with Crippen LogP contribution in [0.4, 0.5) is 32.0 Å². The summed E-state index contributed by atoms with van der Waals surface area (Å²) in [7, 11) is 0. The van der Waals surface area contributed by atoms with Crippen LogP contribution in [0.1, 0.15) is 42.4 Å². The average Bonchev–Trinajstić information content (AvgIpc) is 3.27. The SMILES string of the molecule is CC1=CC(=O)C2=C(C[C@@H]3C(=CC[C@@H]4C(=O)N(c5cc(C(F)(F)F)cc(C(F)(F)F)c5)C(=O)[C@@H]43)[C@@H]2c2ccc(O)c3ccccc23)C1=O. The molecule has 3 aromatic carbocycles. The molecule has 3 aliphatic carbocycles. The Kier molecular flexibility index (Phi) is 6.68. The Morgan fingerprint density at radius 3 is 2.09 bits per heavy atom. The Morgan fingerprint density at radius 2 is 1.45 bits per heavy atom. The highest BCUT2D eigenvalue weighted by Gasteiger charge is 2.57. The van der Waals surface area contributed by atoms with E-state index in [1.54, 1.807) is 36.4 Å². The second kappa shape index (κ2) is 10.2. The zero-order valence-electron chi connectivity index (χ0n) is 24.4. The Labute approximate surface area is 262 Å². The van der Waals surface area contributed by atoms with Crippen molar-refractivity contribution in [3.63, 3.8) is 0 Å². The number of amides is 2. The fourth-order valence-electron chi connectivity index (χ4n) is 7.62. The highest BCUT2D eigenvalue weighted by Crippen LogP contribution is 2.56. The number of allylic oxidation sites excluding steroid dienone is 6. The number of rotatable bonds is 2. The molecule has 240 valence electrons. The van der Waals surface area contributed by atoms with E-state index in [0.717, 1.165) is 0 Å². The number of nitrogens with zero attached hydrogens (tertiary/aromatic N) is 1. The average molecular weight is 652 g/mol. The summed E-state index contributed by atoms with van der Waals surface area (Å²) in [5, 5.41) is 11.6. The summed E-state index contributed by atoms with van der Waals surface area (Å²) in [6.45, 7) is 1.47. The highest BCUT2D eigenvalue weighted by molar-refractivity contribution is 6.25. The van der Waals surface area contributed by atoms with Crippen LogP contribution < -0.4 is 4.90 Å². The monoisotopic (exact) mass is 651 g/mol. The third-order valence-corrected chi connectivity index (χ3v) is 9.64. The van der Waals surface area contributed by atoms with Gasteiger partial charge in [0.2, 0.25) is 11.8 Å². The van der Waals surface area contributed by atoms with Crippen molar-refractivity contribution < 1.29 is 50.6 Å². The Balaban J connectivity index is 1.39. The van der Waals surface area contributed by atoms with Crippen molar-refractivity contribution in [2.24, 2.45) is 17.8 Å². The van der Waals surface area contributed by atoms with Crippen LogP contribution in [0, 0.1) is 17.8 Å². The van der Waals surface area contributed by atoms with Crippen LogP contribution in [-0.2, 0) is 31.5 Å². The largest absolute Gasteiger partial charge is 0.507 e. The number of imide groups is 1. The molecule has 1 fully saturated rings. The predicted octanol–water partition coefficient (Wildman–Crippen LogP) is 7.22. The first kappa shape index (κ1) is 30.6. The number of alkyl halides is 6. The van der Waals surface area contributed by atoms with E-state index in [9.17, 15) is 50.6 Å². The molecule has 0 radical (unpaired) electrons. The molecule has 7 rings (SSSR count). The van der Waals surface area contributed by atoms with Crippen molar-refractivity contribution in [3.8, 4) is 5.75 Å². The van der Waals surface area contributed by atoms with Gasteiger partial charge in [0.15, 0.2) is 11.6 Å². The van der Waals surface area contributed by atoms with Crippen LogP contribution in [0.2, 0.25) is 0 Å². The normalized spacial score (nSPS) is 24.7. The topological polar surface area (TPSA) is 91.8 Å². The number of ketones is 2. The number of anilines is 1. The minimum Gasteiger partial charge on any atom is -0.507 e. The number of benzene rings is 3. The summed E-state index contributed by atoms with van der Waals surface area (Å²) in [4.78, 5) is 55.3. The summed E-state index contributed by atoms with van der Waals surface area (Å²) in [6.07, 6.45) is -7.68. The van der Waals surface area contributed by atoms with Crippen LogP contribution in [0.5, 0.6) is 5.75 Å². The Morgan fingerprint density at radius 1 is 0.809 bits per heavy atom. The van der Waals surface area contributed by atoms with E-state index in [0.29, 0.717) is 38.9 Å². The number of fused-ring (bicyclic) bond motifs is 4. The van der Waals surface area contributed by atoms with Gasteiger partial charge in [-0.15, -0.1) is 0 Å². The van der Waals surface area contributed by atoms with Crippen LogP contribution in [0.3, 0.4) is 0 Å². The quantitative estimate of drug-likeness (QED) is 0.137. The molecule has 1 saturated heterocycles. The summed E-state index contributed by atoms with van der Waals surface area (Å²) >= 11 is 0. The van der Waals surface area contributed by atoms with Gasteiger partial charge >= 0.3 is 12.4 Å². The first-order chi connectivity index (χ1) is 22.1. The summed E-state index contributed by atoms with van der Waals surface area (Å²) in [5.74, 6) is -6.90. The minimum absolute atomic E-state index is 0.0306. The smallest absolute Gasteiger partial charge is 0.416 e. The van der Waals surface area contributed by atoms with Crippen molar-refractivity contribution in [1.29, 1.82) is 0 Å². The van der Waals surface area contributed by atoms with Crippen molar-refractivity contribution in [3.05, 3.63) is 106 Å². The fourth-order valence-corrected chi connectivity index (χ4v) is 7.62. The number of hydrogen-bond donors (Lipinski definition) is 1. The van der Waals surface area contributed by atoms with Crippen LogP contribution in [0.15, 0.2) is 89.0 Å². The maximum absolute atomic E-state index is 14.1. The van der Waals surface area contributed by atoms with Gasteiger partial charge in [0.1, 0.15) is 5.75 Å². The lowest BCUT2D eigenvalue weighted by Gasteiger charge is -2.42. The molecule has 1 aliphatic heterocycles. The zero-order chi connectivity index (χ0) is 33.7. The van der Waals surface area contributed by atoms with E-state index < -0.39 is 76.2 Å². The summed E-state index contributed by atoms with van der Waals surface area (Å²) in [5.41, 5.74) is -2.60. The Bertz CT molecular complexity index is 2020. The lowest BCUT2D eigenvalue weighted by molar-refractivity contribution is -0.143. The molecule has 1 N–H and O–H groups in total. The molecule has 0 bridgehead atoms. The number of aromatic hydroxyl groups is 1. The van der Waals surface area contributed by atoms with Gasteiger partial charge in [0.25, 0.3) is 0 Å². The van der Waals surface area contributed by atoms with Gasteiger partial charge in [-0.2, -0.15) is 26.3 Å². The van der Waals surface area contributed by atoms with Gasteiger partial charge < -0.3 is 5.11 Å². The number of phenolic OH excluding ortho intramolecular Hbond substituents is 1. The molecule has 47 heavy (non-hydrogen) atoms. The van der Waals surface area contributed by atoms with E-state index in [1.165, 1.54) is 19.1 Å². The van der Waals surface area contributed by atoms with Crippen molar-refractivity contribution in [2.75, 3.05) is 4.90 Å². The molecular formula is C35H23F6NO5. The lowest BCUT2D eigenvalue weighted by atomic mass is 9.59. The molecular weight excluding hydrogens is 628 g/mol. The lowest BCUT2D eigenvalue weighted by Crippen LogP contribution is -2.39. The first-order valence-electron chi connectivity index (χ1n) is 14.7. The maximum atomic E-state index is 14.1.